The van der Waals surface area contributed by atoms with Crippen molar-refractivity contribution >= 4 is 12.0 Å². The summed E-state index contributed by atoms with van der Waals surface area (Å²) >= 11 is 0. The highest BCUT2D eigenvalue weighted by Gasteiger charge is 1.98. The molecule has 0 spiro atoms. The molecule has 0 aromatic rings. The van der Waals surface area contributed by atoms with Gasteiger partial charge in [0, 0.05) is 13.0 Å². The molecule has 0 unspecified atom stereocenters. The van der Waals surface area contributed by atoms with Gasteiger partial charge in [-0.05, 0) is 6.92 Å². The zero-order chi connectivity index (χ0) is 17.2. The van der Waals surface area contributed by atoms with Crippen LogP contribution in [0.3, 0.4) is 0 Å². The summed E-state index contributed by atoms with van der Waals surface area (Å²) in [6.07, 6.45) is -0.221. The van der Waals surface area contributed by atoms with E-state index in [2.05, 4.69) is 5.32 Å². The molecule has 136 valence electrons. The van der Waals surface area contributed by atoms with Crippen molar-refractivity contribution in [1.82, 2.24) is 5.32 Å². The van der Waals surface area contributed by atoms with Crippen LogP contribution in [0.5, 0.6) is 0 Å². The van der Waals surface area contributed by atoms with Gasteiger partial charge in [0.2, 0.25) is 5.91 Å². The Morgan fingerprint density at radius 2 is 1.30 bits per heavy atom. The molecule has 9 nitrogen and oxygen atoms in total. The van der Waals surface area contributed by atoms with Gasteiger partial charge < -0.3 is 34.7 Å². The summed E-state index contributed by atoms with van der Waals surface area (Å²) in [5.41, 5.74) is 4.96. The van der Waals surface area contributed by atoms with Gasteiger partial charge in [-0.2, -0.15) is 0 Å². The number of alkyl carbamates (subject to hydrolysis) is 1. The number of nitrogens with one attached hydrogen (secondary N) is 1. The number of carbonyl (C=O) groups excluding carboxylic acids is 2. The molecule has 0 saturated heterocycles. The van der Waals surface area contributed by atoms with E-state index in [-0.39, 0.29) is 12.3 Å². The number of nitrogens with two attached hydrogens (primary N) is 1. The van der Waals surface area contributed by atoms with E-state index in [1.54, 1.807) is 6.92 Å². The standard InChI is InChI=1S/C14H28N2O7/c1-2-23-14(18)16-4-6-20-8-10-22-12-11-21-9-7-19-5-3-13(15)17/h2-12H2,1H3,(H2,15,17)(H,16,18). The molecule has 9 heteroatoms. The number of hydrogen-bond acceptors (Lipinski definition) is 7. The van der Waals surface area contributed by atoms with Crippen LogP contribution in [0.2, 0.25) is 0 Å². The van der Waals surface area contributed by atoms with Crippen molar-refractivity contribution in [2.24, 2.45) is 5.73 Å². The maximum atomic E-state index is 10.9. The topological polar surface area (TPSA) is 118 Å². The first kappa shape index (κ1) is 21.6. The second kappa shape index (κ2) is 16.9. The number of ether oxygens (including phenoxy) is 5. The summed E-state index contributed by atoms with van der Waals surface area (Å²) < 4.78 is 25.6. The van der Waals surface area contributed by atoms with Gasteiger partial charge in [0.1, 0.15) is 0 Å². The van der Waals surface area contributed by atoms with Crippen molar-refractivity contribution in [2.45, 2.75) is 13.3 Å². The van der Waals surface area contributed by atoms with E-state index in [1.807, 2.05) is 0 Å². The summed E-state index contributed by atoms with van der Waals surface area (Å²) in [6, 6.07) is 0. The van der Waals surface area contributed by atoms with E-state index in [9.17, 15) is 9.59 Å². The monoisotopic (exact) mass is 336 g/mol. The molecule has 0 aromatic heterocycles. The summed E-state index contributed by atoms with van der Waals surface area (Å²) in [7, 11) is 0. The largest absolute Gasteiger partial charge is 0.450 e. The van der Waals surface area contributed by atoms with Crippen LogP contribution in [0.1, 0.15) is 13.3 Å². The van der Waals surface area contributed by atoms with E-state index in [0.29, 0.717) is 66.0 Å². The van der Waals surface area contributed by atoms with Crippen molar-refractivity contribution in [3.8, 4) is 0 Å². The second-order valence-corrected chi connectivity index (χ2v) is 4.31. The Balaban J connectivity index is 3.05. The third-order valence-electron chi connectivity index (χ3n) is 2.40. The van der Waals surface area contributed by atoms with Gasteiger partial charge >= 0.3 is 6.09 Å². The smallest absolute Gasteiger partial charge is 0.407 e. The molecule has 0 fully saturated rings. The van der Waals surface area contributed by atoms with Crippen LogP contribution in [0.25, 0.3) is 0 Å². The predicted octanol–water partition coefficient (Wildman–Crippen LogP) is -0.326. The van der Waals surface area contributed by atoms with E-state index in [4.69, 9.17) is 29.4 Å². The molecule has 0 saturated carbocycles. The first-order valence-corrected chi connectivity index (χ1v) is 7.66. The van der Waals surface area contributed by atoms with Gasteiger partial charge in [-0.15, -0.1) is 0 Å². The highest BCUT2D eigenvalue weighted by atomic mass is 16.6. The van der Waals surface area contributed by atoms with Gasteiger partial charge in [-0.25, -0.2) is 4.79 Å². The number of hydrogen-bond donors (Lipinski definition) is 2. The molecular weight excluding hydrogens is 308 g/mol. The molecule has 0 aliphatic heterocycles. The molecule has 2 amide bonds. The minimum atomic E-state index is -0.442. The van der Waals surface area contributed by atoms with Crippen molar-refractivity contribution in [1.29, 1.82) is 0 Å². The fraction of sp³-hybridized carbons (Fsp3) is 0.857. The Morgan fingerprint density at radius 3 is 1.78 bits per heavy atom. The first-order valence-electron chi connectivity index (χ1n) is 7.66. The third-order valence-corrected chi connectivity index (χ3v) is 2.40. The Bertz CT molecular complexity index is 303. The third kappa shape index (κ3) is 18.5. The predicted molar refractivity (Wildman–Crippen MR) is 82.1 cm³/mol. The van der Waals surface area contributed by atoms with Crippen molar-refractivity contribution in [3.63, 3.8) is 0 Å². The van der Waals surface area contributed by atoms with Crippen LogP contribution in [-0.4, -0.2) is 78.0 Å². The Hall–Kier alpha value is -1.42. The van der Waals surface area contributed by atoms with Crippen molar-refractivity contribution < 1.29 is 33.3 Å². The Labute approximate surface area is 136 Å². The van der Waals surface area contributed by atoms with Crippen LogP contribution < -0.4 is 11.1 Å². The van der Waals surface area contributed by atoms with Gasteiger partial charge in [0.25, 0.3) is 0 Å². The molecular formula is C14H28N2O7. The number of primary amides is 1. The summed E-state index contributed by atoms with van der Waals surface area (Å²) in [4.78, 5) is 21.4. The minimum absolute atomic E-state index is 0.221. The first-order chi connectivity index (χ1) is 11.2. The molecule has 0 aliphatic carbocycles. The molecule has 23 heavy (non-hydrogen) atoms. The maximum absolute atomic E-state index is 10.9. The van der Waals surface area contributed by atoms with Gasteiger partial charge in [0.15, 0.2) is 0 Å². The van der Waals surface area contributed by atoms with Crippen LogP contribution in [0.15, 0.2) is 0 Å². The van der Waals surface area contributed by atoms with Crippen LogP contribution in [0.4, 0.5) is 4.79 Å². The highest BCUT2D eigenvalue weighted by molar-refractivity contribution is 5.73. The molecule has 0 bridgehead atoms. The average Bonchev–Trinajstić information content (AvgIpc) is 2.51. The van der Waals surface area contributed by atoms with Gasteiger partial charge in [0.05, 0.1) is 59.5 Å². The molecule has 0 aromatic carbocycles. The van der Waals surface area contributed by atoms with E-state index < -0.39 is 6.09 Å². The molecule has 0 radical (unpaired) electrons. The lowest BCUT2D eigenvalue weighted by atomic mass is 10.4. The SMILES string of the molecule is CCOC(=O)NCCOCCOCCOCCOCCC(N)=O. The van der Waals surface area contributed by atoms with Crippen LogP contribution in [-0.2, 0) is 28.5 Å². The Kier molecular flexibility index (Phi) is 15.9. The van der Waals surface area contributed by atoms with Gasteiger partial charge in [-0.3, -0.25) is 4.79 Å². The number of rotatable bonds is 16. The molecule has 0 atom stereocenters. The van der Waals surface area contributed by atoms with E-state index >= 15 is 0 Å². The summed E-state index contributed by atoms with van der Waals surface area (Å²) in [6.45, 7) is 5.91. The quantitative estimate of drug-likeness (QED) is 0.371. The van der Waals surface area contributed by atoms with Crippen LogP contribution >= 0.6 is 0 Å². The number of amides is 2. The fourth-order valence-corrected chi connectivity index (χ4v) is 1.34. The Morgan fingerprint density at radius 1 is 0.826 bits per heavy atom. The lowest BCUT2D eigenvalue weighted by Crippen LogP contribution is -2.28. The highest BCUT2D eigenvalue weighted by Crippen LogP contribution is 1.84. The average molecular weight is 336 g/mol. The zero-order valence-corrected chi connectivity index (χ0v) is 13.7. The molecule has 0 rings (SSSR count). The molecule has 3 N–H and O–H groups in total. The van der Waals surface area contributed by atoms with Crippen molar-refractivity contribution in [3.05, 3.63) is 0 Å². The summed E-state index contributed by atoms with van der Waals surface area (Å²) in [5.74, 6) is -0.377. The van der Waals surface area contributed by atoms with Crippen molar-refractivity contribution in [2.75, 3.05) is 66.0 Å². The fourth-order valence-electron chi connectivity index (χ4n) is 1.34. The summed E-state index contributed by atoms with van der Waals surface area (Å²) in [5, 5.41) is 2.55. The maximum Gasteiger partial charge on any atom is 0.407 e. The molecule has 0 aliphatic rings. The van der Waals surface area contributed by atoms with Gasteiger partial charge in [-0.1, -0.05) is 0 Å². The zero-order valence-electron chi connectivity index (χ0n) is 13.7. The lowest BCUT2D eigenvalue weighted by molar-refractivity contribution is -0.119. The molecule has 0 heterocycles. The minimum Gasteiger partial charge on any atom is -0.450 e. The van der Waals surface area contributed by atoms with E-state index in [0.717, 1.165) is 0 Å². The second-order valence-electron chi connectivity index (χ2n) is 4.31. The van der Waals surface area contributed by atoms with Crippen LogP contribution in [0, 0.1) is 0 Å². The van der Waals surface area contributed by atoms with E-state index in [1.165, 1.54) is 0 Å². The normalized spacial score (nSPS) is 10.5. The lowest BCUT2D eigenvalue weighted by Gasteiger charge is -2.08. The number of carbonyl (C=O) groups is 2.